The van der Waals surface area contributed by atoms with Crippen LogP contribution in [0.3, 0.4) is 0 Å². The molecule has 1 amide bonds. The Morgan fingerprint density at radius 1 is 1.04 bits per heavy atom. The summed E-state index contributed by atoms with van der Waals surface area (Å²) in [4.78, 5) is 18.3. The Labute approximate surface area is 166 Å². The normalized spacial score (nSPS) is 15.4. The van der Waals surface area contributed by atoms with Crippen molar-refractivity contribution in [2.24, 2.45) is 0 Å². The lowest BCUT2D eigenvalue weighted by Crippen LogP contribution is -2.36. The number of carbonyl (C=O) groups excluding carboxylic acids is 1. The van der Waals surface area contributed by atoms with E-state index >= 15 is 0 Å². The molecule has 0 saturated carbocycles. The molecule has 1 aliphatic rings. The maximum atomic E-state index is 12.6. The first-order valence-corrected chi connectivity index (χ1v) is 10.5. The van der Waals surface area contributed by atoms with Crippen LogP contribution >= 0.6 is 11.8 Å². The first kappa shape index (κ1) is 19.8. The quantitative estimate of drug-likeness (QED) is 0.709. The summed E-state index contributed by atoms with van der Waals surface area (Å²) in [5.41, 5.74) is 2.52. The number of hydrogen-bond donors (Lipinski definition) is 0. The molecule has 0 N–H and O–H groups in total. The highest BCUT2D eigenvalue weighted by atomic mass is 32.2. The third kappa shape index (κ3) is 5.75. The Morgan fingerprint density at radius 2 is 1.81 bits per heavy atom. The third-order valence-corrected chi connectivity index (χ3v) is 6.11. The van der Waals surface area contributed by atoms with Gasteiger partial charge in [-0.3, -0.25) is 9.69 Å². The zero-order chi connectivity index (χ0) is 19.1. The van der Waals surface area contributed by atoms with Crippen molar-refractivity contribution in [3.8, 4) is 5.75 Å². The van der Waals surface area contributed by atoms with Crippen molar-refractivity contribution in [1.82, 2.24) is 9.80 Å². The fourth-order valence-electron chi connectivity index (χ4n) is 3.32. The second kappa shape index (κ2) is 9.81. The zero-order valence-corrected chi connectivity index (χ0v) is 17.0. The van der Waals surface area contributed by atoms with Crippen molar-refractivity contribution in [2.75, 3.05) is 39.0 Å². The van der Waals surface area contributed by atoms with Gasteiger partial charge in [-0.2, -0.15) is 0 Å². The second-order valence-electron chi connectivity index (χ2n) is 6.91. The minimum Gasteiger partial charge on any atom is -0.497 e. The van der Waals surface area contributed by atoms with Gasteiger partial charge in [-0.25, -0.2) is 0 Å². The predicted molar refractivity (Wildman–Crippen MR) is 111 cm³/mol. The van der Waals surface area contributed by atoms with Crippen LogP contribution in [0.15, 0.2) is 53.4 Å². The van der Waals surface area contributed by atoms with E-state index in [1.54, 1.807) is 18.9 Å². The largest absolute Gasteiger partial charge is 0.497 e. The summed E-state index contributed by atoms with van der Waals surface area (Å²) >= 11 is 1.65. The maximum Gasteiger partial charge on any atom is 0.232 e. The Kier molecular flexibility index (Phi) is 7.18. The number of benzene rings is 2. The molecule has 0 aliphatic carbocycles. The molecule has 0 atom stereocenters. The fourth-order valence-corrected chi connectivity index (χ4v) is 4.25. The maximum absolute atomic E-state index is 12.6. The van der Waals surface area contributed by atoms with Crippen LogP contribution in [0.2, 0.25) is 0 Å². The molecule has 1 heterocycles. The highest BCUT2D eigenvalue weighted by Crippen LogP contribution is 2.22. The van der Waals surface area contributed by atoms with Crippen LogP contribution in [0.4, 0.5) is 0 Å². The zero-order valence-electron chi connectivity index (χ0n) is 16.2. The number of hydrogen-bond acceptors (Lipinski definition) is 4. The first-order chi connectivity index (χ1) is 13.2. The van der Waals surface area contributed by atoms with E-state index in [2.05, 4.69) is 36.1 Å². The highest BCUT2D eigenvalue weighted by molar-refractivity contribution is 8.00. The monoisotopic (exact) mass is 384 g/mol. The molecular formula is C22H28N2O2S. The van der Waals surface area contributed by atoms with Gasteiger partial charge in [-0.15, -0.1) is 11.8 Å². The van der Waals surface area contributed by atoms with Crippen LogP contribution < -0.4 is 4.74 Å². The molecule has 144 valence electrons. The van der Waals surface area contributed by atoms with Gasteiger partial charge in [0.05, 0.1) is 12.9 Å². The third-order valence-electron chi connectivity index (χ3n) is 4.95. The van der Waals surface area contributed by atoms with Crippen LogP contribution in [0.5, 0.6) is 5.75 Å². The van der Waals surface area contributed by atoms with Gasteiger partial charge in [0.1, 0.15) is 5.75 Å². The van der Waals surface area contributed by atoms with Gasteiger partial charge in [0.25, 0.3) is 0 Å². The summed E-state index contributed by atoms with van der Waals surface area (Å²) in [5, 5.41) is 0. The molecule has 1 saturated heterocycles. The summed E-state index contributed by atoms with van der Waals surface area (Å²) in [7, 11) is 1.69. The van der Waals surface area contributed by atoms with Crippen LogP contribution in [-0.4, -0.2) is 54.7 Å². The van der Waals surface area contributed by atoms with E-state index in [-0.39, 0.29) is 5.91 Å². The molecule has 1 aliphatic heterocycles. The number of aryl methyl sites for hydroxylation is 1. The Bertz CT molecular complexity index is 748. The lowest BCUT2D eigenvalue weighted by molar-refractivity contribution is -0.128. The van der Waals surface area contributed by atoms with Gasteiger partial charge in [0, 0.05) is 37.6 Å². The summed E-state index contributed by atoms with van der Waals surface area (Å²) in [6.45, 7) is 6.63. The van der Waals surface area contributed by atoms with E-state index in [0.29, 0.717) is 5.75 Å². The second-order valence-corrected chi connectivity index (χ2v) is 7.93. The molecule has 27 heavy (non-hydrogen) atoms. The van der Waals surface area contributed by atoms with Crippen molar-refractivity contribution in [1.29, 1.82) is 0 Å². The minimum absolute atomic E-state index is 0.245. The predicted octanol–water partition coefficient (Wildman–Crippen LogP) is 3.83. The van der Waals surface area contributed by atoms with Crippen LogP contribution in [0.1, 0.15) is 17.5 Å². The van der Waals surface area contributed by atoms with Crippen molar-refractivity contribution in [3.05, 3.63) is 59.7 Å². The van der Waals surface area contributed by atoms with E-state index in [9.17, 15) is 4.79 Å². The van der Waals surface area contributed by atoms with E-state index in [4.69, 9.17) is 4.74 Å². The molecule has 5 heteroatoms. The van der Waals surface area contributed by atoms with Crippen LogP contribution in [-0.2, 0) is 11.3 Å². The van der Waals surface area contributed by atoms with Gasteiger partial charge in [0.2, 0.25) is 5.91 Å². The molecule has 1 fully saturated rings. The lowest BCUT2D eigenvalue weighted by atomic mass is 10.2. The van der Waals surface area contributed by atoms with E-state index in [1.807, 2.05) is 29.2 Å². The summed E-state index contributed by atoms with van der Waals surface area (Å²) in [5.74, 6) is 1.65. The molecular weight excluding hydrogens is 356 g/mol. The van der Waals surface area contributed by atoms with Gasteiger partial charge >= 0.3 is 0 Å². The Hall–Kier alpha value is -1.98. The van der Waals surface area contributed by atoms with Crippen molar-refractivity contribution in [2.45, 2.75) is 24.8 Å². The number of thioether (sulfide) groups is 1. The van der Waals surface area contributed by atoms with Gasteiger partial charge in [-0.1, -0.05) is 30.3 Å². The fraction of sp³-hybridized carbons (Fsp3) is 0.409. The molecule has 3 rings (SSSR count). The van der Waals surface area contributed by atoms with Crippen LogP contribution in [0.25, 0.3) is 0 Å². The van der Waals surface area contributed by atoms with Crippen molar-refractivity contribution < 1.29 is 9.53 Å². The molecule has 4 nitrogen and oxygen atoms in total. The van der Waals surface area contributed by atoms with Gasteiger partial charge in [-0.05, 0) is 42.7 Å². The average Bonchev–Trinajstić information content (AvgIpc) is 2.93. The molecule has 2 aromatic rings. The standard InChI is InChI=1S/C22H28N2O2S/c1-18-6-3-4-7-21(18)27-17-22(25)24-13-5-12-23(14-15-24)16-19-8-10-20(26-2)11-9-19/h3-4,6-11H,5,12-17H2,1-2H3. The molecule has 0 radical (unpaired) electrons. The van der Waals surface area contributed by atoms with Crippen molar-refractivity contribution >= 4 is 17.7 Å². The van der Waals surface area contributed by atoms with Gasteiger partial charge < -0.3 is 9.64 Å². The lowest BCUT2D eigenvalue weighted by Gasteiger charge is -2.22. The number of amides is 1. The smallest absolute Gasteiger partial charge is 0.232 e. The van der Waals surface area contributed by atoms with E-state index in [0.717, 1.165) is 44.9 Å². The summed E-state index contributed by atoms with van der Waals surface area (Å²) in [6, 6.07) is 16.5. The van der Waals surface area contributed by atoms with Gasteiger partial charge in [0.15, 0.2) is 0 Å². The molecule has 0 bridgehead atoms. The molecule has 0 unspecified atom stereocenters. The molecule has 2 aromatic carbocycles. The number of nitrogens with zero attached hydrogens (tertiary/aromatic N) is 2. The SMILES string of the molecule is COc1ccc(CN2CCCN(C(=O)CSc3ccccc3C)CC2)cc1. The summed E-state index contributed by atoms with van der Waals surface area (Å²) in [6.07, 6.45) is 1.02. The van der Waals surface area contributed by atoms with E-state index < -0.39 is 0 Å². The Morgan fingerprint density at radius 3 is 2.56 bits per heavy atom. The first-order valence-electron chi connectivity index (χ1n) is 9.47. The number of methoxy groups -OCH3 is 1. The Balaban J connectivity index is 1.48. The minimum atomic E-state index is 0.245. The number of ether oxygens (including phenoxy) is 1. The molecule has 0 aromatic heterocycles. The number of rotatable bonds is 6. The summed E-state index contributed by atoms with van der Waals surface area (Å²) < 4.78 is 5.22. The molecule has 0 spiro atoms. The highest BCUT2D eigenvalue weighted by Gasteiger charge is 2.19. The van der Waals surface area contributed by atoms with Crippen LogP contribution in [0, 0.1) is 6.92 Å². The van der Waals surface area contributed by atoms with E-state index in [1.165, 1.54) is 16.0 Å². The average molecular weight is 385 g/mol. The number of carbonyl (C=O) groups is 1. The topological polar surface area (TPSA) is 32.8 Å². The van der Waals surface area contributed by atoms with Crippen molar-refractivity contribution in [3.63, 3.8) is 0 Å².